The number of allylic oxidation sites excluding steroid dienone is 1. The second kappa shape index (κ2) is 4.48. The molecule has 0 aromatic heterocycles. The quantitative estimate of drug-likeness (QED) is 0.561. The lowest BCUT2D eigenvalue weighted by Crippen LogP contribution is -2.50. The second-order valence-corrected chi connectivity index (χ2v) is 4.07. The zero-order valence-electron chi connectivity index (χ0n) is 9.64. The number of fused-ring (bicyclic) bond motifs is 1. The van der Waals surface area contributed by atoms with Crippen molar-refractivity contribution in [2.24, 2.45) is 0 Å². The molecule has 1 fully saturated rings. The lowest BCUT2D eigenvalue weighted by molar-refractivity contribution is -0.175. The summed E-state index contributed by atoms with van der Waals surface area (Å²) in [4.78, 5) is 13.6. The molecule has 0 saturated carbocycles. The van der Waals surface area contributed by atoms with E-state index in [1.54, 1.807) is 11.9 Å². The highest BCUT2D eigenvalue weighted by Gasteiger charge is 2.41. The van der Waals surface area contributed by atoms with E-state index >= 15 is 0 Å². The van der Waals surface area contributed by atoms with Crippen molar-refractivity contribution >= 4 is 5.78 Å². The molecule has 17 heavy (non-hydrogen) atoms. The summed E-state index contributed by atoms with van der Waals surface area (Å²) in [5.74, 6) is -1.77. The fraction of sp³-hybridized carbons (Fsp3) is 0.545. The van der Waals surface area contributed by atoms with Gasteiger partial charge in [-0.3, -0.25) is 4.79 Å². The Hall–Kier alpha value is -1.37. The molecule has 0 aromatic rings. The number of hydrogen-bond donors (Lipinski definition) is 3. The molecular weight excluding hydrogens is 224 g/mol. The van der Waals surface area contributed by atoms with Crippen LogP contribution < -0.4 is 5.32 Å². The summed E-state index contributed by atoms with van der Waals surface area (Å²) in [7, 11) is 1.80. The van der Waals surface area contributed by atoms with E-state index in [1.165, 1.54) is 12.2 Å². The van der Waals surface area contributed by atoms with Crippen LogP contribution in [0.5, 0.6) is 0 Å². The average molecular weight is 240 g/mol. The van der Waals surface area contributed by atoms with E-state index in [0.717, 1.165) is 0 Å². The first-order valence-corrected chi connectivity index (χ1v) is 5.48. The maximum absolute atomic E-state index is 11.8. The Morgan fingerprint density at radius 1 is 1.65 bits per heavy atom. The zero-order valence-corrected chi connectivity index (χ0v) is 9.64. The highest BCUT2D eigenvalue weighted by molar-refractivity contribution is 6.05. The number of nitrogens with one attached hydrogen (secondary N) is 1. The van der Waals surface area contributed by atoms with E-state index in [-0.39, 0.29) is 24.6 Å². The molecule has 0 radical (unpaired) electrons. The first kappa shape index (κ1) is 12.1. The molecule has 3 N–H and O–H groups in total. The van der Waals surface area contributed by atoms with Crippen molar-refractivity contribution in [3.8, 4) is 0 Å². The number of carbonyl (C=O) groups excluding carboxylic acids is 1. The van der Waals surface area contributed by atoms with Crippen LogP contribution in [0.25, 0.3) is 0 Å². The van der Waals surface area contributed by atoms with Gasteiger partial charge in [0.05, 0.1) is 24.6 Å². The number of hydrogen-bond acceptors (Lipinski definition) is 6. The topological polar surface area (TPSA) is 82.0 Å². The number of ketones is 1. The molecule has 1 aliphatic carbocycles. The molecule has 2 aliphatic rings. The van der Waals surface area contributed by atoms with Gasteiger partial charge >= 0.3 is 0 Å². The smallest absolute Gasteiger partial charge is 0.230 e. The zero-order chi connectivity index (χ0) is 12.5. The van der Waals surface area contributed by atoms with Gasteiger partial charge in [-0.25, -0.2) is 0 Å². The van der Waals surface area contributed by atoms with Gasteiger partial charge in [-0.2, -0.15) is 0 Å². The number of aliphatic hydroxyl groups is 2. The van der Waals surface area contributed by atoms with Crippen LogP contribution in [0.15, 0.2) is 23.5 Å². The minimum Gasteiger partial charge on any atom is -0.395 e. The monoisotopic (exact) mass is 240 g/mol. The number of likely N-dealkylation sites (N-methyl/N-ethyl adjacent to an activating group) is 1. The molecule has 1 heterocycles. The van der Waals surface area contributed by atoms with Gasteiger partial charge in [0.25, 0.3) is 0 Å². The van der Waals surface area contributed by atoms with E-state index in [1.807, 2.05) is 0 Å². The Balaban J connectivity index is 2.25. The van der Waals surface area contributed by atoms with Gasteiger partial charge in [-0.15, -0.1) is 0 Å². The van der Waals surface area contributed by atoms with Crippen LogP contribution in [0.1, 0.15) is 0 Å². The van der Waals surface area contributed by atoms with E-state index in [0.29, 0.717) is 18.8 Å². The van der Waals surface area contributed by atoms with Crippen molar-refractivity contribution in [1.82, 2.24) is 10.2 Å². The summed E-state index contributed by atoms with van der Waals surface area (Å²) in [6, 6.07) is 0. The van der Waals surface area contributed by atoms with Crippen LogP contribution in [0.3, 0.4) is 0 Å². The van der Waals surface area contributed by atoms with Crippen LogP contribution in [-0.4, -0.2) is 60.0 Å². The number of carbonyl (C=O) groups is 1. The van der Waals surface area contributed by atoms with Gasteiger partial charge < -0.3 is 25.2 Å². The lowest BCUT2D eigenvalue weighted by Gasteiger charge is -2.40. The van der Waals surface area contributed by atoms with Gasteiger partial charge in [0.2, 0.25) is 11.6 Å². The molecule has 0 aromatic carbocycles. The molecule has 94 valence electrons. The molecule has 1 saturated heterocycles. The normalized spacial score (nSPS) is 28.4. The van der Waals surface area contributed by atoms with Crippen molar-refractivity contribution in [3.63, 3.8) is 0 Å². The molecule has 6 nitrogen and oxygen atoms in total. The minimum atomic E-state index is -1.54. The predicted octanol–water partition coefficient (Wildman–Crippen LogP) is -1.43. The molecule has 2 rings (SSSR count). The summed E-state index contributed by atoms with van der Waals surface area (Å²) >= 11 is 0. The van der Waals surface area contributed by atoms with Crippen molar-refractivity contribution in [3.05, 3.63) is 23.5 Å². The maximum Gasteiger partial charge on any atom is 0.230 e. The number of nitrogens with zero attached hydrogens (tertiary/aromatic N) is 1. The highest BCUT2D eigenvalue weighted by atomic mass is 16.6. The van der Waals surface area contributed by atoms with E-state index in [9.17, 15) is 9.90 Å². The Morgan fingerprint density at radius 2 is 2.41 bits per heavy atom. The van der Waals surface area contributed by atoms with Crippen molar-refractivity contribution in [2.75, 3.05) is 33.4 Å². The van der Waals surface area contributed by atoms with Crippen LogP contribution in [0.4, 0.5) is 0 Å². The number of rotatable bonds is 3. The summed E-state index contributed by atoms with van der Waals surface area (Å²) < 4.78 is 5.31. The van der Waals surface area contributed by atoms with Gasteiger partial charge in [-0.1, -0.05) is 0 Å². The third kappa shape index (κ3) is 2.19. The van der Waals surface area contributed by atoms with Crippen molar-refractivity contribution < 1.29 is 19.7 Å². The van der Waals surface area contributed by atoms with E-state index in [2.05, 4.69) is 5.32 Å². The summed E-state index contributed by atoms with van der Waals surface area (Å²) in [5, 5.41) is 21.7. The predicted molar refractivity (Wildman–Crippen MR) is 59.8 cm³/mol. The first-order valence-electron chi connectivity index (χ1n) is 5.48. The third-order valence-corrected chi connectivity index (χ3v) is 2.83. The Bertz CT molecular complexity index is 391. The minimum absolute atomic E-state index is 0.0830. The fourth-order valence-electron chi connectivity index (χ4n) is 1.93. The van der Waals surface area contributed by atoms with E-state index < -0.39 is 5.79 Å². The molecule has 0 spiro atoms. The second-order valence-electron chi connectivity index (χ2n) is 4.07. The summed E-state index contributed by atoms with van der Waals surface area (Å²) in [6.07, 6.45) is 2.72. The number of aliphatic hydroxyl groups excluding tert-OH is 1. The SMILES string of the molecule is CN1CCOC2(O)C=C(NCCO)C(=O)C=C12. The van der Waals surface area contributed by atoms with E-state index in [4.69, 9.17) is 9.84 Å². The average Bonchev–Trinajstić information content (AvgIpc) is 2.29. The molecule has 6 heteroatoms. The van der Waals surface area contributed by atoms with Gasteiger partial charge in [-0.05, 0) is 0 Å². The van der Waals surface area contributed by atoms with Crippen LogP contribution in [0.2, 0.25) is 0 Å². The molecule has 0 bridgehead atoms. The Morgan fingerprint density at radius 3 is 3.12 bits per heavy atom. The molecular formula is C11H16N2O4. The largest absolute Gasteiger partial charge is 0.395 e. The van der Waals surface area contributed by atoms with Gasteiger partial charge in [0.1, 0.15) is 0 Å². The molecule has 0 amide bonds. The maximum atomic E-state index is 11.8. The summed E-state index contributed by atoms with van der Waals surface area (Å²) in [5.41, 5.74) is 0.698. The van der Waals surface area contributed by atoms with Crippen LogP contribution in [-0.2, 0) is 9.53 Å². The van der Waals surface area contributed by atoms with Gasteiger partial charge in [0.15, 0.2) is 0 Å². The lowest BCUT2D eigenvalue weighted by atomic mass is 9.99. The van der Waals surface area contributed by atoms with Gasteiger partial charge in [0, 0.05) is 32.3 Å². The third-order valence-electron chi connectivity index (χ3n) is 2.83. The Kier molecular flexibility index (Phi) is 3.19. The molecule has 1 unspecified atom stereocenters. The molecule has 1 aliphatic heterocycles. The van der Waals surface area contributed by atoms with Crippen molar-refractivity contribution in [2.45, 2.75) is 5.79 Å². The molecule has 1 atom stereocenters. The standard InChI is InChI=1S/C11H16N2O4/c1-13-3-5-17-11(16)7-8(12-2-4-14)9(15)6-10(11)13/h6-7,12,14,16H,2-5H2,1H3. The number of morpholine rings is 1. The highest BCUT2D eigenvalue weighted by Crippen LogP contribution is 2.31. The fourth-order valence-corrected chi connectivity index (χ4v) is 1.93. The Labute approximate surface area is 99.2 Å². The first-order chi connectivity index (χ1) is 8.07. The summed E-state index contributed by atoms with van der Waals surface area (Å²) in [6.45, 7) is 1.20. The van der Waals surface area contributed by atoms with Crippen LogP contribution in [0, 0.1) is 0 Å². The van der Waals surface area contributed by atoms with Crippen molar-refractivity contribution in [1.29, 1.82) is 0 Å². The number of ether oxygens (including phenoxy) is 1. The van der Waals surface area contributed by atoms with Crippen LogP contribution >= 0.6 is 0 Å².